The lowest BCUT2D eigenvalue weighted by atomic mass is 10.0. The highest BCUT2D eigenvalue weighted by molar-refractivity contribution is 6.32. The Bertz CT molecular complexity index is 602. The van der Waals surface area contributed by atoms with Crippen molar-refractivity contribution in [2.24, 2.45) is 0 Å². The molecule has 0 amide bonds. The fourth-order valence-electron chi connectivity index (χ4n) is 1.76. The van der Waals surface area contributed by atoms with Crippen LogP contribution in [0.2, 0.25) is 10.0 Å². The molecule has 0 spiro atoms. The number of benzene rings is 2. The Labute approximate surface area is 120 Å². The van der Waals surface area contributed by atoms with Gasteiger partial charge in [0.2, 0.25) is 0 Å². The molecule has 0 aliphatic heterocycles. The number of rotatable bonds is 3. The third-order valence-corrected chi connectivity index (χ3v) is 3.37. The summed E-state index contributed by atoms with van der Waals surface area (Å²) in [6, 6.07) is 8.76. The number of aliphatic hydroxyl groups is 1. The van der Waals surface area contributed by atoms with E-state index in [1.165, 1.54) is 19.2 Å². The summed E-state index contributed by atoms with van der Waals surface area (Å²) >= 11 is 11.9. The Morgan fingerprint density at radius 1 is 1.11 bits per heavy atom. The first kappa shape index (κ1) is 14.1. The Balaban J connectivity index is 2.38. The minimum absolute atomic E-state index is 0.166. The number of hydrogen-bond donors (Lipinski definition) is 1. The molecule has 0 aliphatic rings. The van der Waals surface area contributed by atoms with Crippen LogP contribution in [0.25, 0.3) is 0 Å². The van der Waals surface area contributed by atoms with Crippen molar-refractivity contribution in [2.45, 2.75) is 6.10 Å². The van der Waals surface area contributed by atoms with E-state index in [9.17, 15) is 9.50 Å². The van der Waals surface area contributed by atoms with Gasteiger partial charge in [-0.25, -0.2) is 4.39 Å². The van der Waals surface area contributed by atoms with Crippen molar-refractivity contribution in [3.8, 4) is 5.75 Å². The van der Waals surface area contributed by atoms with E-state index in [0.717, 1.165) is 6.07 Å². The Morgan fingerprint density at radius 2 is 1.84 bits per heavy atom. The molecule has 0 radical (unpaired) electrons. The fourth-order valence-corrected chi connectivity index (χ4v) is 2.29. The van der Waals surface area contributed by atoms with Gasteiger partial charge < -0.3 is 9.84 Å². The van der Waals surface area contributed by atoms with E-state index in [-0.39, 0.29) is 5.02 Å². The zero-order chi connectivity index (χ0) is 14.0. The molecular weight excluding hydrogens is 290 g/mol. The molecule has 2 aromatic rings. The topological polar surface area (TPSA) is 29.5 Å². The van der Waals surface area contributed by atoms with Gasteiger partial charge in [-0.1, -0.05) is 35.3 Å². The predicted octanol–water partition coefficient (Wildman–Crippen LogP) is 4.22. The summed E-state index contributed by atoms with van der Waals surface area (Å²) in [6.07, 6.45) is -0.975. The van der Waals surface area contributed by atoms with Gasteiger partial charge in [-0.15, -0.1) is 0 Å². The van der Waals surface area contributed by atoms with Crippen LogP contribution in [0.3, 0.4) is 0 Å². The van der Waals surface area contributed by atoms with Gasteiger partial charge in [-0.05, 0) is 29.8 Å². The van der Waals surface area contributed by atoms with Crippen molar-refractivity contribution in [1.82, 2.24) is 0 Å². The second-order valence-corrected chi connectivity index (χ2v) is 4.78. The van der Waals surface area contributed by atoms with Gasteiger partial charge in [0.05, 0.1) is 12.1 Å². The highest BCUT2D eigenvalue weighted by atomic mass is 35.5. The van der Waals surface area contributed by atoms with Crippen LogP contribution in [0.4, 0.5) is 4.39 Å². The van der Waals surface area contributed by atoms with Crippen molar-refractivity contribution in [2.75, 3.05) is 7.11 Å². The summed E-state index contributed by atoms with van der Waals surface area (Å²) in [5, 5.41) is 10.8. The lowest BCUT2D eigenvalue weighted by molar-refractivity contribution is 0.220. The molecule has 100 valence electrons. The minimum Gasteiger partial charge on any atom is -0.495 e. The van der Waals surface area contributed by atoms with E-state index in [1.807, 2.05) is 0 Å². The molecule has 0 bridgehead atoms. The normalized spacial score (nSPS) is 12.3. The number of aliphatic hydroxyl groups excluding tert-OH is 1. The molecule has 2 rings (SSSR count). The first-order valence-corrected chi connectivity index (χ1v) is 6.25. The average molecular weight is 301 g/mol. The molecule has 19 heavy (non-hydrogen) atoms. The first-order chi connectivity index (χ1) is 9.02. The second kappa shape index (κ2) is 5.78. The van der Waals surface area contributed by atoms with E-state index in [2.05, 4.69) is 0 Å². The van der Waals surface area contributed by atoms with Crippen LogP contribution >= 0.6 is 23.2 Å². The van der Waals surface area contributed by atoms with Crippen LogP contribution in [0.1, 0.15) is 17.2 Å². The molecule has 2 aromatic carbocycles. The third-order valence-electron chi connectivity index (χ3n) is 2.75. The number of ether oxygens (including phenoxy) is 1. The summed E-state index contributed by atoms with van der Waals surface area (Å²) in [5.41, 5.74) is 0.976. The van der Waals surface area contributed by atoms with E-state index in [4.69, 9.17) is 27.9 Å². The van der Waals surface area contributed by atoms with Crippen LogP contribution in [0, 0.1) is 5.82 Å². The molecule has 5 heteroatoms. The van der Waals surface area contributed by atoms with E-state index >= 15 is 0 Å². The zero-order valence-electron chi connectivity index (χ0n) is 10.0. The largest absolute Gasteiger partial charge is 0.495 e. The van der Waals surface area contributed by atoms with Crippen molar-refractivity contribution < 1.29 is 14.2 Å². The summed E-state index contributed by atoms with van der Waals surface area (Å²) in [7, 11) is 1.51. The summed E-state index contributed by atoms with van der Waals surface area (Å²) in [5.74, 6) is 0.0662. The molecule has 0 saturated carbocycles. The molecule has 1 N–H and O–H groups in total. The highest BCUT2D eigenvalue weighted by Crippen LogP contribution is 2.33. The minimum atomic E-state index is -0.975. The van der Waals surface area contributed by atoms with Crippen LogP contribution < -0.4 is 4.74 Å². The summed E-state index contributed by atoms with van der Waals surface area (Å²) in [6.45, 7) is 0. The van der Waals surface area contributed by atoms with Crippen molar-refractivity contribution in [1.29, 1.82) is 0 Å². The van der Waals surface area contributed by atoms with Gasteiger partial charge in [-0.3, -0.25) is 0 Å². The van der Waals surface area contributed by atoms with E-state index in [0.29, 0.717) is 21.9 Å². The van der Waals surface area contributed by atoms with Crippen molar-refractivity contribution in [3.63, 3.8) is 0 Å². The van der Waals surface area contributed by atoms with Crippen LogP contribution in [-0.4, -0.2) is 12.2 Å². The molecule has 0 aromatic heterocycles. The highest BCUT2D eigenvalue weighted by Gasteiger charge is 2.16. The average Bonchev–Trinajstić information content (AvgIpc) is 2.38. The quantitative estimate of drug-likeness (QED) is 0.919. The fraction of sp³-hybridized carbons (Fsp3) is 0.143. The maximum atomic E-state index is 13.0. The van der Waals surface area contributed by atoms with E-state index < -0.39 is 11.9 Å². The van der Waals surface area contributed by atoms with Gasteiger partial charge >= 0.3 is 0 Å². The van der Waals surface area contributed by atoms with Gasteiger partial charge in [0.25, 0.3) is 0 Å². The van der Waals surface area contributed by atoms with Crippen LogP contribution in [0.5, 0.6) is 5.75 Å². The molecule has 0 saturated heterocycles. The van der Waals surface area contributed by atoms with Gasteiger partial charge in [0, 0.05) is 10.6 Å². The van der Waals surface area contributed by atoms with Crippen LogP contribution in [-0.2, 0) is 0 Å². The SMILES string of the molecule is COc1ccc(C(O)c2ccc(F)cc2Cl)cc1Cl. The predicted molar refractivity (Wildman–Crippen MR) is 73.5 cm³/mol. The Hall–Kier alpha value is -1.29. The number of hydrogen-bond acceptors (Lipinski definition) is 2. The first-order valence-electron chi connectivity index (χ1n) is 5.49. The summed E-state index contributed by atoms with van der Waals surface area (Å²) < 4.78 is 18.0. The molecule has 2 nitrogen and oxygen atoms in total. The summed E-state index contributed by atoms with van der Waals surface area (Å²) in [4.78, 5) is 0. The Morgan fingerprint density at radius 3 is 2.42 bits per heavy atom. The number of halogens is 3. The smallest absolute Gasteiger partial charge is 0.137 e. The monoisotopic (exact) mass is 300 g/mol. The molecule has 0 fully saturated rings. The Kier molecular flexibility index (Phi) is 4.30. The lowest BCUT2D eigenvalue weighted by Crippen LogP contribution is -2.01. The van der Waals surface area contributed by atoms with Gasteiger partial charge in [-0.2, -0.15) is 0 Å². The van der Waals surface area contributed by atoms with Crippen molar-refractivity contribution in [3.05, 3.63) is 63.4 Å². The molecule has 0 aliphatic carbocycles. The second-order valence-electron chi connectivity index (χ2n) is 3.96. The maximum Gasteiger partial charge on any atom is 0.137 e. The molecular formula is C14H11Cl2FO2. The lowest BCUT2D eigenvalue weighted by Gasteiger charge is -2.14. The molecule has 0 heterocycles. The van der Waals surface area contributed by atoms with Gasteiger partial charge in [0.1, 0.15) is 17.7 Å². The van der Waals surface area contributed by atoms with E-state index in [1.54, 1.807) is 18.2 Å². The molecule has 1 unspecified atom stereocenters. The molecule has 1 atom stereocenters. The number of methoxy groups -OCH3 is 1. The maximum absolute atomic E-state index is 13.0. The third kappa shape index (κ3) is 3.00. The van der Waals surface area contributed by atoms with Crippen LogP contribution in [0.15, 0.2) is 36.4 Å². The zero-order valence-corrected chi connectivity index (χ0v) is 11.5. The van der Waals surface area contributed by atoms with Gasteiger partial charge in [0.15, 0.2) is 0 Å². The standard InChI is InChI=1S/C14H11Cl2FO2/c1-19-13-5-2-8(6-12(13)16)14(18)10-4-3-9(17)7-11(10)15/h2-7,14,18H,1H3. The van der Waals surface area contributed by atoms with Crippen molar-refractivity contribution >= 4 is 23.2 Å².